The number of amides is 1. The van der Waals surface area contributed by atoms with Gasteiger partial charge in [-0.25, -0.2) is 4.98 Å². The molecule has 1 aromatic heterocycles. The Bertz CT molecular complexity index is 1090. The first-order valence-corrected chi connectivity index (χ1v) is 10.8. The zero-order valence-corrected chi connectivity index (χ0v) is 18.0. The molecule has 0 spiro atoms. The highest BCUT2D eigenvalue weighted by molar-refractivity contribution is 6.17. The fraction of sp³-hybridized carbons (Fsp3) is 0.400. The summed E-state index contributed by atoms with van der Waals surface area (Å²) in [6.45, 7) is 4.06. The molecule has 160 valence electrons. The number of hydrogen-bond acceptors (Lipinski definition) is 5. The second-order valence-corrected chi connectivity index (χ2v) is 8.78. The van der Waals surface area contributed by atoms with Crippen LogP contribution < -0.4 is 9.64 Å². The Kier molecular flexibility index (Phi) is 4.80. The number of nitrogens with zero attached hydrogens (tertiary/aromatic N) is 2. The van der Waals surface area contributed by atoms with Crippen molar-refractivity contribution >= 4 is 17.5 Å². The van der Waals surface area contributed by atoms with Crippen molar-refractivity contribution < 1.29 is 19.1 Å². The van der Waals surface area contributed by atoms with Crippen molar-refractivity contribution in [2.75, 3.05) is 12.0 Å². The number of carbonyl (C=O) groups excluding carboxylic acids is 2. The first kappa shape index (κ1) is 19.8. The van der Waals surface area contributed by atoms with Gasteiger partial charge in [0.25, 0.3) is 5.91 Å². The Hall–Kier alpha value is -3.15. The van der Waals surface area contributed by atoms with Gasteiger partial charge >= 0.3 is 0 Å². The van der Waals surface area contributed by atoms with E-state index in [1.165, 1.54) is 0 Å². The van der Waals surface area contributed by atoms with Crippen LogP contribution in [0.4, 0.5) is 5.82 Å². The SMILES string of the molecule is COc1cccc(C2C3=C(OC4CCC(C)CC4C3=O)C(=O)N2c2cccc(C)n2)c1. The molecule has 2 aromatic rings. The normalized spacial score (nSPS) is 27.6. The van der Waals surface area contributed by atoms with E-state index in [-0.39, 0.29) is 29.5 Å². The summed E-state index contributed by atoms with van der Waals surface area (Å²) in [7, 11) is 1.60. The lowest BCUT2D eigenvalue weighted by atomic mass is 9.74. The van der Waals surface area contributed by atoms with E-state index in [0.717, 1.165) is 30.5 Å². The van der Waals surface area contributed by atoms with Gasteiger partial charge in [0.2, 0.25) is 0 Å². The molecule has 4 atom stereocenters. The molecule has 1 amide bonds. The molecule has 1 aliphatic carbocycles. The molecule has 0 N–H and O–H groups in total. The number of pyridine rings is 1. The molecule has 6 heteroatoms. The molecule has 2 aliphatic heterocycles. The van der Waals surface area contributed by atoms with Gasteiger partial charge in [-0.05, 0) is 61.9 Å². The van der Waals surface area contributed by atoms with Gasteiger partial charge in [0, 0.05) is 5.69 Å². The van der Waals surface area contributed by atoms with E-state index < -0.39 is 6.04 Å². The minimum absolute atomic E-state index is 0.0362. The van der Waals surface area contributed by atoms with Crippen LogP contribution in [0.1, 0.15) is 43.5 Å². The molecule has 3 heterocycles. The minimum Gasteiger partial charge on any atom is -0.497 e. The number of aryl methyl sites for hydroxylation is 1. The zero-order valence-electron chi connectivity index (χ0n) is 18.0. The number of fused-ring (bicyclic) bond motifs is 1. The highest BCUT2D eigenvalue weighted by Gasteiger charge is 2.53. The van der Waals surface area contributed by atoms with E-state index >= 15 is 0 Å². The number of ketones is 1. The molecule has 0 radical (unpaired) electrons. The van der Waals surface area contributed by atoms with Crippen LogP contribution in [0.2, 0.25) is 0 Å². The molecule has 0 saturated heterocycles. The number of methoxy groups -OCH3 is 1. The minimum atomic E-state index is -0.586. The summed E-state index contributed by atoms with van der Waals surface area (Å²) in [5.74, 6) is 1.38. The smallest absolute Gasteiger partial charge is 0.295 e. The Balaban J connectivity index is 1.66. The predicted octanol–water partition coefficient (Wildman–Crippen LogP) is 4.14. The molecular weight excluding hydrogens is 392 g/mol. The molecule has 1 fully saturated rings. The quantitative estimate of drug-likeness (QED) is 0.749. The summed E-state index contributed by atoms with van der Waals surface area (Å²) in [4.78, 5) is 33.5. The predicted molar refractivity (Wildman–Crippen MR) is 116 cm³/mol. The number of benzene rings is 1. The van der Waals surface area contributed by atoms with Crippen molar-refractivity contribution in [3.05, 3.63) is 65.1 Å². The second-order valence-electron chi connectivity index (χ2n) is 8.78. The van der Waals surface area contributed by atoms with Crippen LogP contribution in [-0.2, 0) is 14.3 Å². The fourth-order valence-corrected chi connectivity index (χ4v) is 5.10. The highest BCUT2D eigenvalue weighted by Crippen LogP contribution is 2.48. The van der Waals surface area contributed by atoms with Gasteiger partial charge in [-0.3, -0.25) is 14.5 Å². The summed E-state index contributed by atoms with van der Waals surface area (Å²) in [6, 6.07) is 12.5. The van der Waals surface area contributed by atoms with Crippen LogP contribution in [0.5, 0.6) is 5.75 Å². The van der Waals surface area contributed by atoms with Crippen molar-refractivity contribution in [3.63, 3.8) is 0 Å². The zero-order chi connectivity index (χ0) is 21.7. The van der Waals surface area contributed by atoms with E-state index in [4.69, 9.17) is 9.47 Å². The number of anilines is 1. The molecule has 0 bridgehead atoms. The molecule has 3 aliphatic rings. The van der Waals surface area contributed by atoms with Crippen LogP contribution in [-0.4, -0.2) is 29.9 Å². The summed E-state index contributed by atoms with van der Waals surface area (Å²) in [5.41, 5.74) is 2.06. The van der Waals surface area contributed by atoms with Crippen LogP contribution in [0, 0.1) is 18.8 Å². The fourth-order valence-electron chi connectivity index (χ4n) is 5.10. The van der Waals surface area contributed by atoms with Gasteiger partial charge in [0.1, 0.15) is 17.7 Å². The summed E-state index contributed by atoms with van der Waals surface area (Å²) in [6.07, 6.45) is 2.38. The summed E-state index contributed by atoms with van der Waals surface area (Å²) < 4.78 is 11.7. The number of aromatic nitrogens is 1. The van der Waals surface area contributed by atoms with Gasteiger partial charge in [0.15, 0.2) is 11.5 Å². The highest BCUT2D eigenvalue weighted by atomic mass is 16.5. The van der Waals surface area contributed by atoms with E-state index in [0.29, 0.717) is 23.1 Å². The Labute approximate surface area is 181 Å². The number of carbonyl (C=O) groups is 2. The van der Waals surface area contributed by atoms with E-state index in [1.807, 2.05) is 43.3 Å². The van der Waals surface area contributed by atoms with Gasteiger partial charge < -0.3 is 9.47 Å². The Morgan fingerprint density at radius 2 is 1.94 bits per heavy atom. The number of ether oxygens (including phenoxy) is 2. The maximum absolute atomic E-state index is 13.7. The third kappa shape index (κ3) is 3.21. The first-order valence-electron chi connectivity index (χ1n) is 10.8. The maximum Gasteiger partial charge on any atom is 0.295 e. The first-order chi connectivity index (χ1) is 15.0. The molecule has 1 aromatic carbocycles. The van der Waals surface area contributed by atoms with Crippen molar-refractivity contribution in [1.82, 2.24) is 4.98 Å². The van der Waals surface area contributed by atoms with Crippen LogP contribution in [0.25, 0.3) is 0 Å². The number of hydrogen-bond donors (Lipinski definition) is 0. The number of Topliss-reactive ketones (excluding diaryl/α,β-unsaturated/α-hetero) is 1. The third-order valence-corrected chi connectivity index (χ3v) is 6.64. The van der Waals surface area contributed by atoms with Gasteiger partial charge in [-0.1, -0.05) is 25.1 Å². The monoisotopic (exact) mass is 418 g/mol. The van der Waals surface area contributed by atoms with Crippen molar-refractivity contribution in [3.8, 4) is 5.75 Å². The number of rotatable bonds is 3. The molecular formula is C25H26N2O4. The Morgan fingerprint density at radius 3 is 2.71 bits per heavy atom. The van der Waals surface area contributed by atoms with Crippen molar-refractivity contribution in [2.24, 2.45) is 11.8 Å². The topological polar surface area (TPSA) is 68.7 Å². The van der Waals surface area contributed by atoms with E-state index in [2.05, 4.69) is 11.9 Å². The van der Waals surface area contributed by atoms with Crippen LogP contribution in [0.15, 0.2) is 53.8 Å². The largest absolute Gasteiger partial charge is 0.497 e. The van der Waals surface area contributed by atoms with Crippen LogP contribution >= 0.6 is 0 Å². The second kappa shape index (κ2) is 7.52. The van der Waals surface area contributed by atoms with Gasteiger partial charge in [0.05, 0.1) is 24.6 Å². The van der Waals surface area contributed by atoms with Gasteiger partial charge in [-0.15, -0.1) is 0 Å². The lowest BCUT2D eigenvalue weighted by molar-refractivity contribution is -0.132. The van der Waals surface area contributed by atoms with E-state index in [1.54, 1.807) is 18.1 Å². The molecule has 1 saturated carbocycles. The third-order valence-electron chi connectivity index (χ3n) is 6.64. The van der Waals surface area contributed by atoms with Crippen molar-refractivity contribution in [2.45, 2.75) is 45.3 Å². The van der Waals surface area contributed by atoms with E-state index in [9.17, 15) is 9.59 Å². The standard InChI is InChI=1S/C25H26N2O4/c1-14-10-11-19-18(12-14)23(28)21-22(16-7-5-8-17(13-16)30-3)27(25(29)24(21)31-19)20-9-4-6-15(2)26-20/h4-9,13-14,18-19,22H,10-12H2,1-3H3. The maximum atomic E-state index is 13.7. The molecule has 6 nitrogen and oxygen atoms in total. The average molecular weight is 418 g/mol. The Morgan fingerprint density at radius 1 is 1.13 bits per heavy atom. The lowest BCUT2D eigenvalue weighted by Gasteiger charge is -2.37. The molecule has 4 unspecified atom stereocenters. The summed E-state index contributed by atoms with van der Waals surface area (Å²) in [5, 5.41) is 0. The van der Waals surface area contributed by atoms with Crippen LogP contribution in [0.3, 0.4) is 0 Å². The lowest BCUT2D eigenvalue weighted by Crippen LogP contribution is -2.41. The average Bonchev–Trinajstić information content (AvgIpc) is 3.07. The summed E-state index contributed by atoms with van der Waals surface area (Å²) >= 11 is 0. The van der Waals surface area contributed by atoms with Gasteiger partial charge in [-0.2, -0.15) is 0 Å². The van der Waals surface area contributed by atoms with Crippen molar-refractivity contribution in [1.29, 1.82) is 0 Å². The molecule has 31 heavy (non-hydrogen) atoms. The molecule has 5 rings (SSSR count).